The fraction of sp³-hybridized carbons (Fsp3) is 0.462. The molecule has 0 aromatic heterocycles. The molecule has 0 fully saturated rings. The van der Waals surface area contributed by atoms with Gasteiger partial charge in [-0.3, -0.25) is 4.79 Å². The third-order valence-electron chi connectivity index (χ3n) is 2.31. The third kappa shape index (κ3) is 5.58. The Morgan fingerprint density at radius 2 is 2.05 bits per heavy atom. The van der Waals surface area contributed by atoms with Gasteiger partial charge >= 0.3 is 0 Å². The molecule has 19 heavy (non-hydrogen) atoms. The van der Waals surface area contributed by atoms with Gasteiger partial charge in [0.05, 0.1) is 26.0 Å². The number of carbonyl (C=O) groups is 1. The van der Waals surface area contributed by atoms with Crippen molar-refractivity contribution in [3.63, 3.8) is 0 Å². The molecule has 6 heteroatoms. The minimum Gasteiger partial charge on any atom is -0.495 e. The Labute approximate surface area is 112 Å². The summed E-state index contributed by atoms with van der Waals surface area (Å²) in [6.07, 6.45) is 0. The van der Waals surface area contributed by atoms with Crippen molar-refractivity contribution in [1.82, 2.24) is 0 Å². The molecule has 0 aliphatic carbocycles. The Morgan fingerprint density at radius 3 is 2.74 bits per heavy atom. The van der Waals surface area contributed by atoms with E-state index in [-0.39, 0.29) is 12.5 Å². The van der Waals surface area contributed by atoms with E-state index >= 15 is 0 Å². The van der Waals surface area contributed by atoms with E-state index < -0.39 is 0 Å². The molecule has 0 radical (unpaired) electrons. The second-order valence-corrected chi connectivity index (χ2v) is 3.76. The van der Waals surface area contributed by atoms with Crippen molar-refractivity contribution >= 4 is 17.3 Å². The van der Waals surface area contributed by atoms with Gasteiger partial charge in [0.25, 0.3) is 0 Å². The zero-order chi connectivity index (χ0) is 14.1. The standard InChI is InChI=1S/C13H20N2O4/c1-3-18-6-7-19-9-13(16)15-11-8-10(14)4-5-12(11)17-2/h4-5,8H,3,6-7,9,14H2,1-2H3,(H,15,16). The Morgan fingerprint density at radius 1 is 1.32 bits per heavy atom. The molecular weight excluding hydrogens is 248 g/mol. The van der Waals surface area contributed by atoms with Crippen LogP contribution in [-0.4, -0.2) is 39.4 Å². The van der Waals surface area contributed by atoms with Crippen molar-refractivity contribution in [2.45, 2.75) is 6.92 Å². The third-order valence-corrected chi connectivity index (χ3v) is 2.31. The van der Waals surface area contributed by atoms with Crippen LogP contribution in [0.25, 0.3) is 0 Å². The van der Waals surface area contributed by atoms with Crippen LogP contribution in [0.3, 0.4) is 0 Å². The molecule has 0 atom stereocenters. The number of nitrogen functional groups attached to an aromatic ring is 1. The molecule has 0 spiro atoms. The second-order valence-electron chi connectivity index (χ2n) is 3.76. The predicted octanol–water partition coefficient (Wildman–Crippen LogP) is 1.27. The van der Waals surface area contributed by atoms with Gasteiger partial charge in [-0.2, -0.15) is 0 Å². The Kier molecular flexibility index (Phi) is 6.70. The summed E-state index contributed by atoms with van der Waals surface area (Å²) in [6, 6.07) is 5.03. The zero-order valence-electron chi connectivity index (χ0n) is 11.3. The number of anilines is 2. The van der Waals surface area contributed by atoms with Gasteiger partial charge < -0.3 is 25.3 Å². The van der Waals surface area contributed by atoms with Gasteiger partial charge in [0, 0.05) is 12.3 Å². The topological polar surface area (TPSA) is 82.8 Å². The number of hydrogen-bond donors (Lipinski definition) is 2. The predicted molar refractivity (Wildman–Crippen MR) is 73.3 cm³/mol. The van der Waals surface area contributed by atoms with Crippen LogP contribution in [0.1, 0.15) is 6.92 Å². The summed E-state index contributed by atoms with van der Waals surface area (Å²) >= 11 is 0. The van der Waals surface area contributed by atoms with E-state index in [1.165, 1.54) is 7.11 Å². The normalized spacial score (nSPS) is 10.2. The smallest absolute Gasteiger partial charge is 0.250 e. The second kappa shape index (κ2) is 8.34. The molecule has 0 saturated heterocycles. The van der Waals surface area contributed by atoms with Gasteiger partial charge in [-0.1, -0.05) is 0 Å². The summed E-state index contributed by atoms with van der Waals surface area (Å²) in [5.41, 5.74) is 6.74. The van der Waals surface area contributed by atoms with Crippen LogP contribution < -0.4 is 15.8 Å². The molecule has 0 saturated carbocycles. The van der Waals surface area contributed by atoms with E-state index in [0.717, 1.165) is 0 Å². The maximum absolute atomic E-state index is 11.7. The first-order valence-corrected chi connectivity index (χ1v) is 6.06. The summed E-state index contributed by atoms with van der Waals surface area (Å²) in [7, 11) is 1.53. The molecule has 0 bridgehead atoms. The Bertz CT molecular complexity index is 410. The number of nitrogens with one attached hydrogen (secondary N) is 1. The van der Waals surface area contributed by atoms with E-state index in [4.69, 9.17) is 19.9 Å². The van der Waals surface area contributed by atoms with Crippen molar-refractivity contribution in [3.8, 4) is 5.75 Å². The van der Waals surface area contributed by atoms with Crippen LogP contribution in [0.2, 0.25) is 0 Å². The lowest BCUT2D eigenvalue weighted by Gasteiger charge is -2.11. The molecule has 0 aliphatic rings. The van der Waals surface area contributed by atoms with Crippen LogP contribution in [0.5, 0.6) is 5.75 Å². The van der Waals surface area contributed by atoms with Gasteiger partial charge in [0.15, 0.2) is 0 Å². The number of nitrogens with two attached hydrogens (primary N) is 1. The average Bonchev–Trinajstić information content (AvgIpc) is 2.39. The minimum absolute atomic E-state index is 0.0367. The first-order valence-electron chi connectivity index (χ1n) is 6.06. The number of hydrogen-bond acceptors (Lipinski definition) is 5. The van der Waals surface area contributed by atoms with Gasteiger partial charge in [-0.05, 0) is 25.1 Å². The van der Waals surface area contributed by atoms with Crippen LogP contribution >= 0.6 is 0 Å². The van der Waals surface area contributed by atoms with Gasteiger partial charge in [-0.15, -0.1) is 0 Å². The van der Waals surface area contributed by atoms with Crippen molar-refractivity contribution in [1.29, 1.82) is 0 Å². The molecule has 3 N–H and O–H groups in total. The Hall–Kier alpha value is -1.79. The van der Waals surface area contributed by atoms with Crippen LogP contribution in [-0.2, 0) is 14.3 Å². The summed E-state index contributed by atoms with van der Waals surface area (Å²) in [5, 5.41) is 2.68. The van der Waals surface area contributed by atoms with Crippen LogP contribution in [0.15, 0.2) is 18.2 Å². The SMILES string of the molecule is CCOCCOCC(=O)Nc1cc(N)ccc1OC. The number of methoxy groups -OCH3 is 1. The highest BCUT2D eigenvalue weighted by Gasteiger charge is 2.08. The van der Waals surface area contributed by atoms with Crippen LogP contribution in [0.4, 0.5) is 11.4 Å². The molecule has 6 nitrogen and oxygen atoms in total. The summed E-state index contributed by atoms with van der Waals surface area (Å²) in [5.74, 6) is 0.289. The number of rotatable bonds is 8. The monoisotopic (exact) mass is 268 g/mol. The quantitative estimate of drug-likeness (QED) is 0.548. The molecule has 0 heterocycles. The maximum Gasteiger partial charge on any atom is 0.250 e. The van der Waals surface area contributed by atoms with E-state index in [1.807, 2.05) is 6.92 Å². The molecule has 0 unspecified atom stereocenters. The zero-order valence-corrected chi connectivity index (χ0v) is 11.3. The van der Waals surface area contributed by atoms with E-state index in [0.29, 0.717) is 36.9 Å². The number of amides is 1. The lowest BCUT2D eigenvalue weighted by atomic mass is 10.2. The molecule has 106 valence electrons. The van der Waals surface area contributed by atoms with Crippen molar-refractivity contribution in [3.05, 3.63) is 18.2 Å². The highest BCUT2D eigenvalue weighted by Crippen LogP contribution is 2.26. The van der Waals surface area contributed by atoms with Gasteiger partial charge in [-0.25, -0.2) is 0 Å². The van der Waals surface area contributed by atoms with Crippen molar-refractivity contribution < 1.29 is 19.0 Å². The fourth-order valence-electron chi connectivity index (χ4n) is 1.44. The van der Waals surface area contributed by atoms with E-state index in [1.54, 1.807) is 18.2 Å². The fourth-order valence-corrected chi connectivity index (χ4v) is 1.44. The van der Waals surface area contributed by atoms with Crippen LogP contribution in [0, 0.1) is 0 Å². The number of ether oxygens (including phenoxy) is 3. The number of carbonyl (C=O) groups excluding carboxylic acids is 1. The largest absolute Gasteiger partial charge is 0.495 e. The molecule has 1 aromatic carbocycles. The first-order chi connectivity index (χ1) is 9.17. The number of benzene rings is 1. The van der Waals surface area contributed by atoms with E-state index in [2.05, 4.69) is 5.32 Å². The maximum atomic E-state index is 11.7. The summed E-state index contributed by atoms with van der Waals surface area (Å²) < 4.78 is 15.4. The lowest BCUT2D eigenvalue weighted by Crippen LogP contribution is -2.20. The highest BCUT2D eigenvalue weighted by atomic mass is 16.5. The van der Waals surface area contributed by atoms with Gasteiger partial charge in [0.2, 0.25) is 5.91 Å². The lowest BCUT2D eigenvalue weighted by molar-refractivity contribution is -0.121. The van der Waals surface area contributed by atoms with Crippen molar-refractivity contribution in [2.75, 3.05) is 44.6 Å². The minimum atomic E-state index is -0.264. The molecule has 1 rings (SSSR count). The molecule has 0 aliphatic heterocycles. The first kappa shape index (κ1) is 15.3. The van der Waals surface area contributed by atoms with Gasteiger partial charge in [0.1, 0.15) is 12.4 Å². The van der Waals surface area contributed by atoms with E-state index in [9.17, 15) is 4.79 Å². The molecule has 1 aromatic rings. The summed E-state index contributed by atoms with van der Waals surface area (Å²) in [6.45, 7) is 3.36. The molecular formula is C13H20N2O4. The Balaban J connectivity index is 2.41. The molecule has 1 amide bonds. The highest BCUT2D eigenvalue weighted by molar-refractivity contribution is 5.93. The van der Waals surface area contributed by atoms with Crippen molar-refractivity contribution in [2.24, 2.45) is 0 Å². The average molecular weight is 268 g/mol. The summed E-state index contributed by atoms with van der Waals surface area (Å²) in [4.78, 5) is 11.7.